The highest BCUT2D eigenvalue weighted by Gasteiger charge is 2.27. The molecule has 15 heavy (non-hydrogen) atoms. The lowest BCUT2D eigenvalue weighted by molar-refractivity contribution is 0.528. The first kappa shape index (κ1) is 13.0. The number of rotatable bonds is 3. The van der Waals surface area contributed by atoms with Gasteiger partial charge < -0.3 is 0 Å². The van der Waals surface area contributed by atoms with Gasteiger partial charge in [-0.3, -0.25) is 0 Å². The maximum Gasteiger partial charge on any atom is 0.236 e. The topological polar surface area (TPSA) is 68.3 Å². The van der Waals surface area contributed by atoms with E-state index in [0.29, 0.717) is 18.4 Å². The van der Waals surface area contributed by atoms with Gasteiger partial charge in [0.25, 0.3) is 0 Å². The van der Waals surface area contributed by atoms with E-state index >= 15 is 0 Å². The Bertz CT molecular complexity index is 449. The van der Waals surface area contributed by atoms with Crippen LogP contribution in [0.2, 0.25) is 0 Å². The van der Waals surface area contributed by atoms with Gasteiger partial charge in [0.2, 0.25) is 9.05 Å². The zero-order valence-electron chi connectivity index (χ0n) is 8.15. The third kappa shape index (κ3) is 4.53. The highest BCUT2D eigenvalue weighted by molar-refractivity contribution is 8.13. The van der Waals surface area contributed by atoms with Crippen LogP contribution in [0.3, 0.4) is 0 Å². The van der Waals surface area contributed by atoms with Gasteiger partial charge in [0.15, 0.2) is 9.84 Å². The SMILES string of the molecule is C=C(CS(=O)(=O)Cl)C1CCCS(=O)(=O)C1. The van der Waals surface area contributed by atoms with Crippen LogP contribution in [0, 0.1) is 5.92 Å². The zero-order chi connectivity index (χ0) is 11.7. The Morgan fingerprint density at radius 3 is 2.53 bits per heavy atom. The quantitative estimate of drug-likeness (QED) is 0.566. The van der Waals surface area contributed by atoms with Crippen molar-refractivity contribution in [1.29, 1.82) is 0 Å². The Hall–Kier alpha value is -0.0700. The third-order valence-corrected chi connectivity index (χ3v) is 5.26. The summed E-state index contributed by atoms with van der Waals surface area (Å²) in [6.07, 6.45) is 1.23. The van der Waals surface area contributed by atoms with Crippen molar-refractivity contribution in [2.24, 2.45) is 5.92 Å². The van der Waals surface area contributed by atoms with Gasteiger partial charge in [-0.25, -0.2) is 16.8 Å². The van der Waals surface area contributed by atoms with E-state index in [1.165, 1.54) is 0 Å². The Kier molecular flexibility index (Phi) is 3.84. The van der Waals surface area contributed by atoms with E-state index in [9.17, 15) is 16.8 Å². The summed E-state index contributed by atoms with van der Waals surface area (Å²) in [4.78, 5) is 0. The molecule has 0 bridgehead atoms. The highest BCUT2D eigenvalue weighted by Crippen LogP contribution is 2.25. The molecule has 0 spiro atoms. The molecule has 1 aliphatic heterocycles. The minimum Gasteiger partial charge on any atom is -0.229 e. The Labute approximate surface area is 94.7 Å². The lowest BCUT2D eigenvalue weighted by Gasteiger charge is -2.23. The summed E-state index contributed by atoms with van der Waals surface area (Å²) in [5.74, 6) is -0.422. The second-order valence-corrected chi connectivity index (χ2v) is 8.80. The van der Waals surface area contributed by atoms with E-state index in [2.05, 4.69) is 6.58 Å². The van der Waals surface area contributed by atoms with Crippen LogP contribution >= 0.6 is 10.7 Å². The van der Waals surface area contributed by atoms with Gasteiger partial charge in [-0.05, 0) is 18.8 Å². The molecule has 7 heteroatoms. The van der Waals surface area contributed by atoms with Crippen LogP contribution in [0.4, 0.5) is 0 Å². The fraction of sp³-hybridized carbons (Fsp3) is 0.750. The Balaban J connectivity index is 2.69. The highest BCUT2D eigenvalue weighted by atomic mass is 35.7. The fourth-order valence-corrected chi connectivity index (χ4v) is 4.57. The monoisotopic (exact) mass is 272 g/mol. The molecule has 4 nitrogen and oxygen atoms in total. The summed E-state index contributed by atoms with van der Waals surface area (Å²) in [6.45, 7) is 3.60. The molecule has 0 aromatic heterocycles. The van der Waals surface area contributed by atoms with Crippen LogP contribution in [-0.4, -0.2) is 34.1 Å². The van der Waals surface area contributed by atoms with E-state index < -0.39 is 18.9 Å². The summed E-state index contributed by atoms with van der Waals surface area (Å²) < 4.78 is 44.2. The molecule has 1 heterocycles. The number of hydrogen-bond acceptors (Lipinski definition) is 4. The largest absolute Gasteiger partial charge is 0.236 e. The summed E-state index contributed by atoms with van der Waals surface area (Å²) in [5, 5.41) is 0. The molecule has 0 aromatic rings. The predicted octanol–water partition coefficient (Wildman–Crippen LogP) is 0.936. The van der Waals surface area contributed by atoms with Crippen LogP contribution in [0.1, 0.15) is 12.8 Å². The van der Waals surface area contributed by atoms with Gasteiger partial charge in [0.05, 0.1) is 17.3 Å². The molecule has 1 fully saturated rings. The molecule has 88 valence electrons. The van der Waals surface area contributed by atoms with Crippen molar-refractivity contribution < 1.29 is 16.8 Å². The van der Waals surface area contributed by atoms with E-state index in [0.717, 1.165) is 0 Å². The van der Waals surface area contributed by atoms with Crippen molar-refractivity contribution in [2.75, 3.05) is 17.3 Å². The number of sulfone groups is 1. The lowest BCUT2D eigenvalue weighted by atomic mass is 9.98. The second kappa shape index (κ2) is 4.43. The average Bonchev–Trinajstić information content (AvgIpc) is 1.99. The van der Waals surface area contributed by atoms with E-state index in [1.807, 2.05) is 0 Å². The summed E-state index contributed by atoms with van der Waals surface area (Å²) >= 11 is 0. The molecule has 1 saturated heterocycles. The van der Waals surface area contributed by atoms with Crippen LogP contribution in [0.25, 0.3) is 0 Å². The van der Waals surface area contributed by atoms with Crippen molar-refractivity contribution in [2.45, 2.75) is 12.8 Å². The van der Waals surface area contributed by atoms with Crippen LogP contribution in [-0.2, 0) is 18.9 Å². The lowest BCUT2D eigenvalue weighted by Crippen LogP contribution is -2.27. The minimum atomic E-state index is -3.63. The van der Waals surface area contributed by atoms with Crippen molar-refractivity contribution in [3.63, 3.8) is 0 Å². The number of hydrogen-bond donors (Lipinski definition) is 0. The van der Waals surface area contributed by atoms with Crippen LogP contribution in [0.5, 0.6) is 0 Å². The van der Waals surface area contributed by atoms with Gasteiger partial charge in [0.1, 0.15) is 0 Å². The Morgan fingerprint density at radius 1 is 1.47 bits per heavy atom. The molecule has 1 aliphatic rings. The van der Waals surface area contributed by atoms with Crippen LogP contribution in [0.15, 0.2) is 12.2 Å². The first-order valence-corrected chi connectivity index (χ1v) is 8.80. The fourth-order valence-electron chi connectivity index (χ4n) is 1.68. The molecule has 0 N–H and O–H groups in total. The van der Waals surface area contributed by atoms with E-state index in [4.69, 9.17) is 10.7 Å². The summed E-state index contributed by atoms with van der Waals surface area (Å²) in [6, 6.07) is 0. The molecular weight excluding hydrogens is 260 g/mol. The molecule has 1 unspecified atom stereocenters. The minimum absolute atomic E-state index is 0.00174. The third-order valence-electron chi connectivity index (χ3n) is 2.40. The summed E-state index contributed by atoms with van der Waals surface area (Å²) in [5.41, 5.74) is 0.397. The average molecular weight is 273 g/mol. The maximum atomic E-state index is 11.3. The van der Waals surface area contributed by atoms with Crippen molar-refractivity contribution in [3.8, 4) is 0 Å². The molecule has 1 rings (SSSR count). The first-order chi connectivity index (χ1) is 6.70. The molecule has 0 aromatic carbocycles. The van der Waals surface area contributed by atoms with E-state index in [-0.39, 0.29) is 23.2 Å². The van der Waals surface area contributed by atoms with Gasteiger partial charge in [-0.15, -0.1) is 0 Å². The standard InChI is InChI=1S/C8H13ClO4S2/c1-7(5-15(9,12)13)8-3-2-4-14(10,11)6-8/h8H,1-6H2. The second-order valence-electron chi connectivity index (χ2n) is 3.79. The van der Waals surface area contributed by atoms with Gasteiger partial charge in [-0.1, -0.05) is 12.2 Å². The predicted molar refractivity (Wildman–Crippen MR) is 60.2 cm³/mol. The molecule has 0 radical (unpaired) electrons. The smallest absolute Gasteiger partial charge is 0.229 e. The number of halogens is 1. The van der Waals surface area contributed by atoms with Gasteiger partial charge in [0, 0.05) is 10.7 Å². The van der Waals surface area contributed by atoms with Gasteiger partial charge >= 0.3 is 0 Å². The first-order valence-electron chi connectivity index (χ1n) is 4.50. The Morgan fingerprint density at radius 2 is 2.07 bits per heavy atom. The van der Waals surface area contributed by atoms with E-state index in [1.54, 1.807) is 0 Å². The van der Waals surface area contributed by atoms with Crippen molar-refractivity contribution in [3.05, 3.63) is 12.2 Å². The van der Waals surface area contributed by atoms with Crippen molar-refractivity contribution >= 4 is 29.6 Å². The zero-order valence-corrected chi connectivity index (χ0v) is 10.5. The molecular formula is C8H13ClO4S2. The van der Waals surface area contributed by atoms with Gasteiger partial charge in [-0.2, -0.15) is 0 Å². The maximum absolute atomic E-state index is 11.3. The normalized spacial score (nSPS) is 26.1. The summed E-state index contributed by atoms with van der Waals surface area (Å²) in [7, 11) is -1.58. The molecule has 0 amide bonds. The molecule has 1 atom stereocenters. The van der Waals surface area contributed by atoms with Crippen molar-refractivity contribution in [1.82, 2.24) is 0 Å². The van der Waals surface area contributed by atoms with Crippen LogP contribution < -0.4 is 0 Å². The molecule has 0 saturated carbocycles. The molecule has 0 aliphatic carbocycles.